The number of amides is 1. The monoisotopic (exact) mass is 327 g/mol. The van der Waals surface area contributed by atoms with Gasteiger partial charge in [-0.05, 0) is 33.3 Å². The van der Waals surface area contributed by atoms with Crippen molar-refractivity contribution in [2.24, 2.45) is 0 Å². The standard InChI is InChI=1S/C20H25NO3/c1-6-11-21-15(5)19(20(23)24-13(2)3)17(12-18(21)22)16-9-7-14(4)8-10-16/h6-10,13,17H,1,11-12H2,2-5H3/t17-/m1/s1. The highest BCUT2D eigenvalue weighted by atomic mass is 16.5. The Balaban J connectivity index is 2.51. The van der Waals surface area contributed by atoms with Gasteiger partial charge in [-0.25, -0.2) is 4.79 Å². The van der Waals surface area contributed by atoms with Crippen molar-refractivity contribution < 1.29 is 14.3 Å². The van der Waals surface area contributed by atoms with Crippen molar-refractivity contribution in [3.05, 3.63) is 59.3 Å². The number of hydrogen-bond donors (Lipinski definition) is 0. The van der Waals surface area contributed by atoms with Gasteiger partial charge in [-0.2, -0.15) is 0 Å². The van der Waals surface area contributed by atoms with Crippen LogP contribution in [0.4, 0.5) is 0 Å². The summed E-state index contributed by atoms with van der Waals surface area (Å²) in [5.41, 5.74) is 3.32. The summed E-state index contributed by atoms with van der Waals surface area (Å²) >= 11 is 0. The second kappa shape index (κ2) is 7.47. The molecule has 2 rings (SSSR count). The molecule has 0 saturated heterocycles. The Morgan fingerprint density at radius 1 is 1.33 bits per heavy atom. The van der Waals surface area contributed by atoms with E-state index in [1.165, 1.54) is 0 Å². The molecule has 0 bridgehead atoms. The van der Waals surface area contributed by atoms with Crippen molar-refractivity contribution in [3.63, 3.8) is 0 Å². The number of aryl methyl sites for hydroxylation is 1. The number of carbonyl (C=O) groups is 2. The van der Waals surface area contributed by atoms with Crippen molar-refractivity contribution >= 4 is 11.9 Å². The molecule has 1 aliphatic rings. The fourth-order valence-electron chi connectivity index (χ4n) is 2.99. The summed E-state index contributed by atoms with van der Waals surface area (Å²) < 4.78 is 5.44. The van der Waals surface area contributed by atoms with Gasteiger partial charge in [0.15, 0.2) is 0 Å². The summed E-state index contributed by atoms with van der Waals surface area (Å²) in [5, 5.41) is 0. The lowest BCUT2D eigenvalue weighted by Crippen LogP contribution is -2.38. The molecule has 0 N–H and O–H groups in total. The van der Waals surface area contributed by atoms with Gasteiger partial charge in [-0.3, -0.25) is 4.79 Å². The van der Waals surface area contributed by atoms with Gasteiger partial charge < -0.3 is 9.64 Å². The minimum atomic E-state index is -0.352. The van der Waals surface area contributed by atoms with Crippen LogP contribution in [0, 0.1) is 6.92 Å². The van der Waals surface area contributed by atoms with E-state index in [0.717, 1.165) is 11.1 Å². The second-order valence-electron chi connectivity index (χ2n) is 6.41. The summed E-state index contributed by atoms with van der Waals surface area (Å²) in [4.78, 5) is 26.8. The largest absolute Gasteiger partial charge is 0.460 e. The average Bonchev–Trinajstić information content (AvgIpc) is 2.50. The van der Waals surface area contributed by atoms with Crippen molar-refractivity contribution in [1.82, 2.24) is 4.90 Å². The first-order valence-corrected chi connectivity index (χ1v) is 8.24. The first kappa shape index (κ1) is 18.0. The Hall–Kier alpha value is -2.36. The molecule has 0 spiro atoms. The fourth-order valence-corrected chi connectivity index (χ4v) is 2.99. The molecule has 0 aliphatic carbocycles. The maximum Gasteiger partial charge on any atom is 0.336 e. The third kappa shape index (κ3) is 3.75. The Kier molecular flexibility index (Phi) is 5.60. The van der Waals surface area contributed by atoms with E-state index in [2.05, 4.69) is 6.58 Å². The van der Waals surface area contributed by atoms with Crippen LogP contribution in [0.3, 0.4) is 0 Å². The first-order valence-electron chi connectivity index (χ1n) is 8.24. The molecule has 24 heavy (non-hydrogen) atoms. The van der Waals surface area contributed by atoms with Gasteiger partial charge in [-0.15, -0.1) is 6.58 Å². The highest BCUT2D eigenvalue weighted by Crippen LogP contribution is 2.37. The maximum absolute atomic E-state index is 12.7. The van der Waals surface area contributed by atoms with E-state index in [1.54, 1.807) is 17.9 Å². The number of ether oxygens (including phenoxy) is 1. The topological polar surface area (TPSA) is 46.6 Å². The normalized spacial score (nSPS) is 18.1. The Morgan fingerprint density at radius 2 is 1.96 bits per heavy atom. The average molecular weight is 327 g/mol. The third-order valence-electron chi connectivity index (χ3n) is 4.18. The molecule has 128 valence electrons. The quantitative estimate of drug-likeness (QED) is 0.611. The highest BCUT2D eigenvalue weighted by Gasteiger charge is 2.36. The predicted octanol–water partition coefficient (Wildman–Crippen LogP) is 3.72. The van der Waals surface area contributed by atoms with Crippen LogP contribution in [0.25, 0.3) is 0 Å². The van der Waals surface area contributed by atoms with Crippen molar-refractivity contribution in [3.8, 4) is 0 Å². The van der Waals surface area contributed by atoms with Gasteiger partial charge in [0.25, 0.3) is 0 Å². The number of allylic oxidation sites excluding steroid dienone is 1. The van der Waals surface area contributed by atoms with E-state index in [0.29, 0.717) is 17.8 Å². The molecule has 1 heterocycles. The first-order chi connectivity index (χ1) is 11.3. The van der Waals surface area contributed by atoms with Crippen LogP contribution in [0.1, 0.15) is 44.2 Å². The van der Waals surface area contributed by atoms with Crippen LogP contribution >= 0.6 is 0 Å². The Morgan fingerprint density at radius 3 is 2.50 bits per heavy atom. The zero-order valence-corrected chi connectivity index (χ0v) is 14.8. The van der Waals surface area contributed by atoms with Crippen LogP contribution in [-0.2, 0) is 14.3 Å². The zero-order chi connectivity index (χ0) is 17.9. The minimum Gasteiger partial charge on any atom is -0.460 e. The van der Waals surface area contributed by atoms with E-state index in [4.69, 9.17) is 4.74 Å². The number of nitrogens with zero attached hydrogens (tertiary/aromatic N) is 1. The van der Waals surface area contributed by atoms with Crippen molar-refractivity contribution in [2.45, 2.75) is 46.1 Å². The lowest BCUT2D eigenvalue weighted by atomic mass is 9.83. The molecule has 0 fully saturated rings. The van der Waals surface area contributed by atoms with Gasteiger partial charge in [0, 0.05) is 24.6 Å². The molecule has 0 saturated carbocycles. The van der Waals surface area contributed by atoms with Gasteiger partial charge >= 0.3 is 5.97 Å². The van der Waals surface area contributed by atoms with E-state index in [-0.39, 0.29) is 30.3 Å². The van der Waals surface area contributed by atoms with Gasteiger partial charge in [-0.1, -0.05) is 35.9 Å². The number of esters is 1. The lowest BCUT2D eigenvalue weighted by Gasteiger charge is -2.34. The van der Waals surface area contributed by atoms with E-state index >= 15 is 0 Å². The molecular weight excluding hydrogens is 302 g/mol. The minimum absolute atomic E-state index is 0.000859. The number of benzene rings is 1. The predicted molar refractivity (Wildman–Crippen MR) is 94.4 cm³/mol. The van der Waals surface area contributed by atoms with Crippen molar-refractivity contribution in [2.75, 3.05) is 6.54 Å². The summed E-state index contributed by atoms with van der Waals surface area (Å²) in [6, 6.07) is 7.95. The summed E-state index contributed by atoms with van der Waals surface area (Å²) in [7, 11) is 0. The molecule has 1 aromatic carbocycles. The Labute approximate surface area is 143 Å². The smallest absolute Gasteiger partial charge is 0.336 e. The summed E-state index contributed by atoms with van der Waals surface area (Å²) in [5.74, 6) is -0.626. The van der Waals surface area contributed by atoms with E-state index < -0.39 is 0 Å². The van der Waals surface area contributed by atoms with Crippen LogP contribution in [0.5, 0.6) is 0 Å². The maximum atomic E-state index is 12.7. The molecule has 0 radical (unpaired) electrons. The number of rotatable bonds is 5. The van der Waals surface area contributed by atoms with Gasteiger partial charge in [0.1, 0.15) is 0 Å². The van der Waals surface area contributed by atoms with Crippen LogP contribution < -0.4 is 0 Å². The fraction of sp³-hybridized carbons (Fsp3) is 0.400. The third-order valence-corrected chi connectivity index (χ3v) is 4.18. The van der Waals surface area contributed by atoms with Gasteiger partial charge in [0.05, 0.1) is 11.7 Å². The zero-order valence-electron chi connectivity index (χ0n) is 14.8. The second-order valence-corrected chi connectivity index (χ2v) is 6.41. The van der Waals surface area contributed by atoms with Crippen molar-refractivity contribution in [1.29, 1.82) is 0 Å². The summed E-state index contributed by atoms with van der Waals surface area (Å²) in [6.07, 6.45) is 1.72. The summed E-state index contributed by atoms with van der Waals surface area (Å²) in [6.45, 7) is 11.6. The molecule has 1 aliphatic heterocycles. The highest BCUT2D eigenvalue weighted by molar-refractivity contribution is 5.96. The van der Waals surface area contributed by atoms with Gasteiger partial charge in [0.2, 0.25) is 5.91 Å². The van der Waals surface area contributed by atoms with E-state index in [9.17, 15) is 9.59 Å². The van der Waals surface area contributed by atoms with Crippen LogP contribution in [0.2, 0.25) is 0 Å². The molecule has 4 heteroatoms. The molecular formula is C20H25NO3. The molecule has 1 atom stereocenters. The Bertz CT molecular complexity index is 671. The lowest BCUT2D eigenvalue weighted by molar-refractivity contribution is -0.143. The number of hydrogen-bond acceptors (Lipinski definition) is 3. The van der Waals surface area contributed by atoms with Crippen LogP contribution in [0.15, 0.2) is 48.2 Å². The molecule has 4 nitrogen and oxygen atoms in total. The SMILES string of the molecule is C=CCN1C(=O)C[C@H](c2ccc(C)cc2)C(C(=O)OC(C)C)=C1C. The van der Waals surface area contributed by atoms with E-state index in [1.807, 2.05) is 45.0 Å². The molecule has 0 unspecified atom stereocenters. The molecule has 1 amide bonds. The van der Waals surface area contributed by atoms with Crippen LogP contribution in [-0.4, -0.2) is 29.4 Å². The molecule has 1 aromatic rings. The number of carbonyl (C=O) groups excluding carboxylic acids is 2. The molecule has 0 aromatic heterocycles.